The standard InChI is InChI=1S/C14H15FN4O3/c1-3-19-10-5-4-8(15)6-9(10)13(21)12(18-19)14(22)17-7-11(20)16-2/h4-6H,3,7H2,1-2H3,(H,16,20)(H,17,22). The molecule has 0 radical (unpaired) electrons. The molecular weight excluding hydrogens is 291 g/mol. The fourth-order valence-corrected chi connectivity index (χ4v) is 1.99. The lowest BCUT2D eigenvalue weighted by atomic mass is 10.2. The van der Waals surface area contributed by atoms with Crippen molar-refractivity contribution >= 4 is 22.7 Å². The zero-order valence-corrected chi connectivity index (χ0v) is 12.1. The third-order valence-corrected chi connectivity index (χ3v) is 3.12. The highest BCUT2D eigenvalue weighted by Gasteiger charge is 2.18. The SMILES string of the molecule is CCn1nc(C(=O)NCC(=O)NC)c(=O)c2cc(F)ccc21. The molecule has 0 atom stereocenters. The van der Waals surface area contributed by atoms with Gasteiger partial charge in [0.1, 0.15) is 5.82 Å². The molecule has 0 saturated carbocycles. The largest absolute Gasteiger partial charge is 0.358 e. The first kappa shape index (κ1) is 15.6. The predicted octanol–water partition coefficient (Wildman–Crippen LogP) is 0.0313. The van der Waals surface area contributed by atoms with Crippen LogP contribution in [0.3, 0.4) is 0 Å². The summed E-state index contributed by atoms with van der Waals surface area (Å²) in [4.78, 5) is 35.5. The van der Waals surface area contributed by atoms with Crippen LogP contribution in [0.25, 0.3) is 10.9 Å². The van der Waals surface area contributed by atoms with E-state index in [0.717, 1.165) is 6.07 Å². The van der Waals surface area contributed by atoms with Crippen molar-refractivity contribution in [2.45, 2.75) is 13.5 Å². The van der Waals surface area contributed by atoms with Crippen LogP contribution in [0.5, 0.6) is 0 Å². The van der Waals surface area contributed by atoms with E-state index in [-0.39, 0.29) is 17.6 Å². The summed E-state index contributed by atoms with van der Waals surface area (Å²) < 4.78 is 14.8. The van der Waals surface area contributed by atoms with Crippen LogP contribution in [0.15, 0.2) is 23.0 Å². The molecule has 2 aromatic rings. The molecule has 1 aromatic heterocycles. The Hall–Kier alpha value is -2.77. The Morgan fingerprint density at radius 3 is 2.73 bits per heavy atom. The lowest BCUT2D eigenvalue weighted by molar-refractivity contribution is -0.119. The molecule has 8 heteroatoms. The number of rotatable bonds is 4. The summed E-state index contributed by atoms with van der Waals surface area (Å²) in [5, 5.41) is 8.70. The molecule has 0 spiro atoms. The number of hydrogen-bond acceptors (Lipinski definition) is 4. The maximum atomic E-state index is 13.4. The molecule has 0 fully saturated rings. The topological polar surface area (TPSA) is 93.1 Å². The van der Waals surface area contributed by atoms with E-state index in [0.29, 0.717) is 12.1 Å². The van der Waals surface area contributed by atoms with Gasteiger partial charge in [0.15, 0.2) is 5.69 Å². The predicted molar refractivity (Wildman–Crippen MR) is 78.0 cm³/mol. The minimum absolute atomic E-state index is 0.0712. The fourth-order valence-electron chi connectivity index (χ4n) is 1.99. The second-order valence-corrected chi connectivity index (χ2v) is 4.51. The minimum atomic E-state index is -0.776. The van der Waals surface area contributed by atoms with Crippen molar-refractivity contribution in [2.75, 3.05) is 13.6 Å². The number of likely N-dealkylation sites (N-methyl/N-ethyl adjacent to an activating group) is 1. The van der Waals surface area contributed by atoms with Crippen LogP contribution in [0, 0.1) is 5.82 Å². The van der Waals surface area contributed by atoms with E-state index in [1.165, 1.54) is 23.9 Å². The third-order valence-electron chi connectivity index (χ3n) is 3.12. The van der Waals surface area contributed by atoms with E-state index in [1.807, 2.05) is 0 Å². The maximum Gasteiger partial charge on any atom is 0.276 e. The van der Waals surface area contributed by atoms with Crippen molar-refractivity contribution in [3.63, 3.8) is 0 Å². The van der Waals surface area contributed by atoms with Gasteiger partial charge >= 0.3 is 0 Å². The van der Waals surface area contributed by atoms with Crippen LogP contribution in [0.1, 0.15) is 17.4 Å². The first-order chi connectivity index (χ1) is 10.5. The van der Waals surface area contributed by atoms with Gasteiger partial charge in [-0.05, 0) is 25.1 Å². The lowest BCUT2D eigenvalue weighted by Gasteiger charge is -2.10. The molecule has 0 aliphatic heterocycles. The van der Waals surface area contributed by atoms with Crippen LogP contribution >= 0.6 is 0 Å². The van der Waals surface area contributed by atoms with Crippen molar-refractivity contribution < 1.29 is 14.0 Å². The first-order valence-corrected chi connectivity index (χ1v) is 6.67. The highest BCUT2D eigenvalue weighted by atomic mass is 19.1. The molecule has 0 bridgehead atoms. The highest BCUT2D eigenvalue weighted by Crippen LogP contribution is 2.12. The van der Waals surface area contributed by atoms with E-state index in [9.17, 15) is 18.8 Å². The van der Waals surface area contributed by atoms with Crippen LogP contribution in [0.2, 0.25) is 0 Å². The molecule has 22 heavy (non-hydrogen) atoms. The number of aryl methyl sites for hydroxylation is 1. The number of nitrogens with zero attached hydrogens (tertiary/aromatic N) is 2. The Morgan fingerprint density at radius 1 is 1.36 bits per heavy atom. The van der Waals surface area contributed by atoms with E-state index in [2.05, 4.69) is 15.7 Å². The van der Waals surface area contributed by atoms with Crippen molar-refractivity contribution in [1.82, 2.24) is 20.4 Å². The summed E-state index contributed by atoms with van der Waals surface area (Å²) in [7, 11) is 1.43. The summed E-state index contributed by atoms with van der Waals surface area (Å²) in [5.41, 5.74) is -0.603. The van der Waals surface area contributed by atoms with Gasteiger partial charge in [-0.1, -0.05) is 0 Å². The van der Waals surface area contributed by atoms with Gasteiger partial charge in [0.05, 0.1) is 17.4 Å². The average Bonchev–Trinajstić information content (AvgIpc) is 2.53. The molecule has 0 saturated heterocycles. The number of fused-ring (bicyclic) bond motifs is 1. The number of carbonyl (C=O) groups excluding carboxylic acids is 2. The molecule has 7 nitrogen and oxygen atoms in total. The number of carbonyl (C=O) groups is 2. The van der Waals surface area contributed by atoms with Gasteiger partial charge in [0.25, 0.3) is 5.91 Å². The van der Waals surface area contributed by atoms with Gasteiger partial charge in [0, 0.05) is 13.6 Å². The fraction of sp³-hybridized carbons (Fsp3) is 0.286. The monoisotopic (exact) mass is 306 g/mol. The maximum absolute atomic E-state index is 13.4. The number of benzene rings is 1. The second-order valence-electron chi connectivity index (χ2n) is 4.51. The summed E-state index contributed by atoms with van der Waals surface area (Å²) in [6.07, 6.45) is 0. The van der Waals surface area contributed by atoms with Gasteiger partial charge in [-0.3, -0.25) is 19.1 Å². The molecule has 1 heterocycles. The van der Waals surface area contributed by atoms with Crippen LogP contribution in [-0.4, -0.2) is 35.2 Å². The Morgan fingerprint density at radius 2 is 2.09 bits per heavy atom. The summed E-state index contributed by atoms with van der Waals surface area (Å²) in [5.74, 6) is -1.76. The van der Waals surface area contributed by atoms with Crippen LogP contribution in [-0.2, 0) is 11.3 Å². The van der Waals surface area contributed by atoms with Gasteiger partial charge in [0.2, 0.25) is 11.3 Å². The Bertz CT molecular complexity index is 801. The third kappa shape index (κ3) is 2.95. The molecule has 0 unspecified atom stereocenters. The molecule has 0 aliphatic rings. The number of nitrogens with one attached hydrogen (secondary N) is 2. The molecule has 2 amide bonds. The zero-order valence-electron chi connectivity index (χ0n) is 12.1. The van der Waals surface area contributed by atoms with Gasteiger partial charge in [-0.15, -0.1) is 0 Å². The zero-order chi connectivity index (χ0) is 16.3. The summed E-state index contributed by atoms with van der Waals surface area (Å²) >= 11 is 0. The Balaban J connectivity index is 2.50. The molecular formula is C14H15FN4O3. The van der Waals surface area contributed by atoms with Crippen LogP contribution in [0.4, 0.5) is 4.39 Å². The first-order valence-electron chi connectivity index (χ1n) is 6.67. The van der Waals surface area contributed by atoms with Crippen molar-refractivity contribution in [1.29, 1.82) is 0 Å². The van der Waals surface area contributed by atoms with E-state index in [4.69, 9.17) is 0 Å². The molecule has 116 valence electrons. The minimum Gasteiger partial charge on any atom is -0.358 e. The lowest BCUT2D eigenvalue weighted by Crippen LogP contribution is -2.38. The molecule has 1 aromatic carbocycles. The second kappa shape index (κ2) is 6.33. The van der Waals surface area contributed by atoms with Crippen LogP contribution < -0.4 is 16.1 Å². The summed E-state index contributed by atoms with van der Waals surface area (Å²) in [6.45, 7) is 1.91. The average molecular weight is 306 g/mol. The smallest absolute Gasteiger partial charge is 0.276 e. The van der Waals surface area contributed by atoms with Crippen molar-refractivity contribution in [3.8, 4) is 0 Å². The Labute approximate surface area is 125 Å². The van der Waals surface area contributed by atoms with E-state index in [1.54, 1.807) is 6.92 Å². The van der Waals surface area contributed by atoms with Crippen molar-refractivity contribution in [2.24, 2.45) is 0 Å². The molecule has 2 N–H and O–H groups in total. The highest BCUT2D eigenvalue weighted by molar-refractivity contribution is 5.97. The Kier molecular flexibility index (Phi) is 4.50. The van der Waals surface area contributed by atoms with Gasteiger partial charge < -0.3 is 10.6 Å². The normalized spacial score (nSPS) is 10.5. The van der Waals surface area contributed by atoms with Crippen molar-refractivity contribution in [3.05, 3.63) is 39.9 Å². The van der Waals surface area contributed by atoms with E-state index < -0.39 is 23.1 Å². The van der Waals surface area contributed by atoms with Gasteiger partial charge in [-0.2, -0.15) is 5.10 Å². The summed E-state index contributed by atoms with van der Waals surface area (Å²) in [6, 6.07) is 3.73. The van der Waals surface area contributed by atoms with E-state index >= 15 is 0 Å². The number of halogens is 1. The molecule has 2 rings (SSSR count). The number of aromatic nitrogens is 2. The number of amides is 2. The molecule has 0 aliphatic carbocycles. The van der Waals surface area contributed by atoms with Gasteiger partial charge in [-0.25, -0.2) is 4.39 Å². The number of hydrogen-bond donors (Lipinski definition) is 2. The quantitative estimate of drug-likeness (QED) is 0.833.